The third-order valence-corrected chi connectivity index (χ3v) is 6.66. The van der Waals surface area contributed by atoms with Crippen LogP contribution < -0.4 is 0 Å². The Morgan fingerprint density at radius 2 is 2.05 bits per heavy atom. The summed E-state index contributed by atoms with van der Waals surface area (Å²) in [5.74, 6) is 0. The monoisotopic (exact) mass is 381 g/mol. The third-order valence-electron chi connectivity index (χ3n) is 3.55. The van der Waals surface area contributed by atoms with Crippen LogP contribution in [-0.4, -0.2) is 36.5 Å². The Labute approximate surface area is 132 Å². The molecule has 0 radical (unpaired) electrons. The van der Waals surface area contributed by atoms with Crippen molar-refractivity contribution in [1.29, 1.82) is 0 Å². The van der Waals surface area contributed by atoms with E-state index in [9.17, 15) is 13.5 Å². The highest BCUT2D eigenvalue weighted by atomic mass is 79.9. The molecule has 1 aliphatic rings. The second-order valence-electron chi connectivity index (χ2n) is 5.33. The summed E-state index contributed by atoms with van der Waals surface area (Å²) >= 11 is 9.13. The summed E-state index contributed by atoms with van der Waals surface area (Å²) in [6, 6.07) is 4.58. The van der Waals surface area contributed by atoms with Gasteiger partial charge in [-0.15, -0.1) is 0 Å². The fourth-order valence-electron chi connectivity index (χ4n) is 2.27. The summed E-state index contributed by atoms with van der Waals surface area (Å²) in [5, 5.41) is 10.5. The van der Waals surface area contributed by atoms with E-state index in [4.69, 9.17) is 11.6 Å². The number of sulfonamides is 1. The van der Waals surface area contributed by atoms with Crippen LogP contribution in [0.2, 0.25) is 5.02 Å². The number of halogens is 2. The average Bonchev–Trinajstić information content (AvgIpc) is 2.54. The molecule has 20 heavy (non-hydrogen) atoms. The molecule has 1 fully saturated rings. The Kier molecular flexibility index (Phi) is 4.81. The van der Waals surface area contributed by atoms with Crippen LogP contribution in [0.4, 0.5) is 0 Å². The van der Waals surface area contributed by atoms with Gasteiger partial charge in [-0.05, 0) is 60.3 Å². The van der Waals surface area contributed by atoms with Gasteiger partial charge in [-0.1, -0.05) is 11.6 Å². The van der Waals surface area contributed by atoms with Crippen molar-refractivity contribution < 1.29 is 13.5 Å². The molecule has 2 rings (SSSR count). The van der Waals surface area contributed by atoms with Gasteiger partial charge in [-0.25, -0.2) is 8.42 Å². The Morgan fingerprint density at radius 3 is 2.70 bits per heavy atom. The molecule has 1 aromatic carbocycles. The highest BCUT2D eigenvalue weighted by Crippen LogP contribution is 2.29. The molecular formula is C13H17BrClNO3S. The maximum absolute atomic E-state index is 12.6. The van der Waals surface area contributed by atoms with Crippen molar-refractivity contribution >= 4 is 37.6 Å². The normalized spacial score (nSPS) is 25.4. The Morgan fingerprint density at radius 1 is 1.35 bits per heavy atom. The van der Waals surface area contributed by atoms with E-state index in [0.717, 1.165) is 0 Å². The fourth-order valence-corrected chi connectivity index (χ4v) is 4.42. The molecule has 7 heteroatoms. The van der Waals surface area contributed by atoms with Gasteiger partial charge in [0.25, 0.3) is 0 Å². The second kappa shape index (κ2) is 5.93. The van der Waals surface area contributed by atoms with Crippen LogP contribution in [0.25, 0.3) is 0 Å². The molecule has 1 saturated heterocycles. The molecule has 0 amide bonds. The lowest BCUT2D eigenvalue weighted by Crippen LogP contribution is -2.33. The van der Waals surface area contributed by atoms with Crippen molar-refractivity contribution in [3.63, 3.8) is 0 Å². The predicted molar refractivity (Wildman–Crippen MR) is 82.4 cm³/mol. The van der Waals surface area contributed by atoms with Crippen LogP contribution in [0.5, 0.6) is 0 Å². The first-order chi connectivity index (χ1) is 9.22. The number of hydrogen-bond acceptors (Lipinski definition) is 3. The summed E-state index contributed by atoms with van der Waals surface area (Å²) in [4.78, 5) is 0.218. The summed E-state index contributed by atoms with van der Waals surface area (Å²) in [7, 11) is -3.54. The second-order valence-corrected chi connectivity index (χ2v) is 8.53. The van der Waals surface area contributed by atoms with Gasteiger partial charge in [-0.2, -0.15) is 4.31 Å². The molecule has 4 nitrogen and oxygen atoms in total. The Balaban J connectivity index is 2.28. The average molecular weight is 383 g/mol. The van der Waals surface area contributed by atoms with Crippen LogP contribution in [-0.2, 0) is 10.0 Å². The fraction of sp³-hybridized carbons (Fsp3) is 0.538. The number of hydrogen-bond donors (Lipinski definition) is 1. The maximum Gasteiger partial charge on any atom is 0.243 e. The molecule has 1 aromatic rings. The van der Waals surface area contributed by atoms with Crippen molar-refractivity contribution in [3.05, 3.63) is 27.7 Å². The van der Waals surface area contributed by atoms with Gasteiger partial charge in [0.1, 0.15) is 0 Å². The molecule has 1 aliphatic heterocycles. The van der Waals surface area contributed by atoms with Gasteiger partial charge >= 0.3 is 0 Å². The SMILES string of the molecule is CC1(O)CCCN(S(=O)(=O)c2ccc(Cl)c(Br)c2)CC1. The van der Waals surface area contributed by atoms with E-state index in [-0.39, 0.29) is 4.90 Å². The zero-order valence-corrected chi connectivity index (χ0v) is 14.3. The zero-order valence-electron chi connectivity index (χ0n) is 11.1. The molecular weight excluding hydrogens is 366 g/mol. The lowest BCUT2D eigenvalue weighted by molar-refractivity contribution is 0.0465. The minimum absolute atomic E-state index is 0.218. The quantitative estimate of drug-likeness (QED) is 0.855. The van der Waals surface area contributed by atoms with E-state index in [1.807, 2.05) is 0 Å². The molecule has 0 bridgehead atoms. The Hall–Kier alpha value is -0.140. The van der Waals surface area contributed by atoms with Crippen LogP contribution >= 0.6 is 27.5 Å². The van der Waals surface area contributed by atoms with E-state index in [1.165, 1.54) is 16.4 Å². The van der Waals surface area contributed by atoms with Gasteiger partial charge < -0.3 is 5.11 Å². The predicted octanol–water partition coefficient (Wildman–Crippen LogP) is 3.03. The molecule has 112 valence electrons. The molecule has 1 atom stereocenters. The van der Waals surface area contributed by atoms with Gasteiger partial charge in [0.05, 0.1) is 15.5 Å². The van der Waals surface area contributed by atoms with Crippen molar-refractivity contribution in [2.75, 3.05) is 13.1 Å². The van der Waals surface area contributed by atoms with Crippen molar-refractivity contribution in [2.24, 2.45) is 0 Å². The van der Waals surface area contributed by atoms with Crippen LogP contribution in [0.1, 0.15) is 26.2 Å². The maximum atomic E-state index is 12.6. The summed E-state index contributed by atoms with van der Waals surface area (Å²) in [5.41, 5.74) is -0.787. The first-order valence-corrected chi connectivity index (χ1v) is 9.01. The summed E-state index contributed by atoms with van der Waals surface area (Å²) in [6.07, 6.45) is 1.71. The van der Waals surface area contributed by atoms with Crippen LogP contribution in [0.3, 0.4) is 0 Å². The molecule has 0 aromatic heterocycles. The van der Waals surface area contributed by atoms with Crippen molar-refractivity contribution in [1.82, 2.24) is 4.31 Å². The number of nitrogens with zero attached hydrogens (tertiary/aromatic N) is 1. The lowest BCUT2D eigenvalue weighted by Gasteiger charge is -2.22. The van der Waals surface area contributed by atoms with Crippen LogP contribution in [0, 0.1) is 0 Å². The highest BCUT2D eigenvalue weighted by Gasteiger charge is 2.31. The van der Waals surface area contributed by atoms with Gasteiger partial charge in [-0.3, -0.25) is 0 Å². The molecule has 1 N–H and O–H groups in total. The van der Waals surface area contributed by atoms with Crippen LogP contribution in [0.15, 0.2) is 27.6 Å². The minimum Gasteiger partial charge on any atom is -0.390 e. The highest BCUT2D eigenvalue weighted by molar-refractivity contribution is 9.10. The summed E-state index contributed by atoms with van der Waals surface area (Å²) < 4.78 is 27.2. The third kappa shape index (κ3) is 3.54. The molecule has 1 heterocycles. The van der Waals surface area contributed by atoms with E-state index >= 15 is 0 Å². The van der Waals surface area contributed by atoms with Gasteiger partial charge in [0, 0.05) is 17.6 Å². The van der Waals surface area contributed by atoms with Crippen molar-refractivity contribution in [2.45, 2.75) is 36.7 Å². The van der Waals surface area contributed by atoms with Gasteiger partial charge in [0.2, 0.25) is 10.0 Å². The standard InChI is InChI=1S/C13H17BrClNO3S/c1-13(17)5-2-7-16(8-6-13)20(18,19)10-3-4-12(15)11(14)9-10/h3-4,9,17H,2,5-8H2,1H3. The minimum atomic E-state index is -3.54. The van der Waals surface area contributed by atoms with E-state index < -0.39 is 15.6 Å². The first kappa shape index (κ1) is 16.2. The lowest BCUT2D eigenvalue weighted by atomic mass is 9.98. The number of benzene rings is 1. The van der Waals surface area contributed by atoms with Gasteiger partial charge in [0.15, 0.2) is 0 Å². The summed E-state index contributed by atoms with van der Waals surface area (Å²) in [6.45, 7) is 2.51. The molecule has 0 spiro atoms. The molecule has 1 unspecified atom stereocenters. The first-order valence-electron chi connectivity index (χ1n) is 6.40. The smallest absolute Gasteiger partial charge is 0.243 e. The van der Waals surface area contributed by atoms with E-state index in [2.05, 4.69) is 15.9 Å². The Bertz CT molecular complexity index is 604. The number of rotatable bonds is 2. The van der Waals surface area contributed by atoms with Crippen molar-refractivity contribution in [3.8, 4) is 0 Å². The molecule has 0 aliphatic carbocycles. The van der Waals surface area contributed by atoms with E-state index in [0.29, 0.717) is 41.8 Å². The topological polar surface area (TPSA) is 57.6 Å². The molecule has 0 saturated carbocycles. The largest absolute Gasteiger partial charge is 0.390 e. The zero-order chi connectivity index (χ0) is 15.0. The van der Waals surface area contributed by atoms with E-state index in [1.54, 1.807) is 13.0 Å². The number of aliphatic hydroxyl groups is 1.